The van der Waals surface area contributed by atoms with Gasteiger partial charge in [-0.05, 0) is 61.8 Å². The van der Waals surface area contributed by atoms with Gasteiger partial charge in [0.05, 0.1) is 0 Å². The van der Waals surface area contributed by atoms with Gasteiger partial charge in [0.25, 0.3) is 0 Å². The first-order chi connectivity index (χ1) is 11.5. The summed E-state index contributed by atoms with van der Waals surface area (Å²) in [6.45, 7) is 14.1. The van der Waals surface area contributed by atoms with Gasteiger partial charge in [0.2, 0.25) is 0 Å². The maximum absolute atomic E-state index is 9.52. The van der Waals surface area contributed by atoms with E-state index in [1.54, 1.807) is 19.1 Å². The van der Waals surface area contributed by atoms with Crippen molar-refractivity contribution >= 4 is 0 Å². The van der Waals surface area contributed by atoms with Crippen LogP contribution in [-0.4, -0.2) is 5.11 Å². The first-order valence-corrected chi connectivity index (χ1v) is 8.10. The molecule has 2 N–H and O–H groups in total. The molecule has 1 atom stereocenters. The Morgan fingerprint density at radius 2 is 1.88 bits per heavy atom. The molecule has 0 aromatic heterocycles. The predicted octanol–water partition coefficient (Wildman–Crippen LogP) is 5.57. The van der Waals surface area contributed by atoms with Crippen molar-refractivity contribution in [2.24, 2.45) is 5.92 Å². The molecule has 0 aromatic rings. The van der Waals surface area contributed by atoms with Gasteiger partial charge in [-0.15, -0.1) is 0 Å². The minimum atomic E-state index is 0.243. The number of allylic oxidation sites excluding steroid dienone is 12. The molecule has 0 unspecified atom stereocenters. The molecule has 2 aliphatic rings. The average Bonchev–Trinajstić information content (AvgIpc) is 3.25. The lowest BCUT2D eigenvalue weighted by Gasteiger charge is -2.16. The SMILES string of the molecule is C=C(/C=C\C=C/C)NC1=CC=C(C(=C)/C=C\C(O)=C/C)C2=C(C)[C@@H]12. The number of nitrogens with one attached hydrogen (secondary N) is 1. The van der Waals surface area contributed by atoms with E-state index in [-0.39, 0.29) is 5.76 Å². The summed E-state index contributed by atoms with van der Waals surface area (Å²) < 4.78 is 0. The molecule has 2 rings (SSSR count). The van der Waals surface area contributed by atoms with Crippen LogP contribution in [0.4, 0.5) is 0 Å². The molecule has 24 heavy (non-hydrogen) atoms. The van der Waals surface area contributed by atoms with Crippen LogP contribution < -0.4 is 5.32 Å². The van der Waals surface area contributed by atoms with Crippen molar-refractivity contribution in [2.75, 3.05) is 0 Å². The molecule has 0 amide bonds. The summed E-state index contributed by atoms with van der Waals surface area (Å²) in [5.74, 6) is 0.574. The van der Waals surface area contributed by atoms with Gasteiger partial charge >= 0.3 is 0 Å². The molecule has 2 nitrogen and oxygen atoms in total. The van der Waals surface area contributed by atoms with E-state index in [1.807, 2.05) is 37.3 Å². The average molecular weight is 319 g/mol. The lowest BCUT2D eigenvalue weighted by Crippen LogP contribution is -2.15. The summed E-state index contributed by atoms with van der Waals surface area (Å²) >= 11 is 0. The Bertz CT molecular complexity index is 764. The predicted molar refractivity (Wildman–Crippen MR) is 103 cm³/mol. The van der Waals surface area contributed by atoms with Crippen LogP contribution in [-0.2, 0) is 0 Å². The van der Waals surface area contributed by atoms with Crippen molar-refractivity contribution in [1.82, 2.24) is 5.32 Å². The van der Waals surface area contributed by atoms with Crippen molar-refractivity contribution in [3.05, 3.63) is 107 Å². The highest BCUT2D eigenvalue weighted by Gasteiger charge is 2.40. The van der Waals surface area contributed by atoms with E-state index in [2.05, 4.69) is 37.6 Å². The van der Waals surface area contributed by atoms with Crippen LogP contribution in [0.3, 0.4) is 0 Å². The molecule has 0 bridgehead atoms. The van der Waals surface area contributed by atoms with Crippen molar-refractivity contribution in [3.63, 3.8) is 0 Å². The van der Waals surface area contributed by atoms with E-state index in [4.69, 9.17) is 0 Å². The zero-order valence-corrected chi connectivity index (χ0v) is 14.6. The van der Waals surface area contributed by atoms with E-state index in [9.17, 15) is 5.11 Å². The zero-order chi connectivity index (χ0) is 17.7. The van der Waals surface area contributed by atoms with E-state index in [0.29, 0.717) is 5.92 Å². The van der Waals surface area contributed by atoms with Crippen molar-refractivity contribution in [2.45, 2.75) is 20.8 Å². The van der Waals surface area contributed by atoms with Crippen LogP contribution in [0.1, 0.15) is 20.8 Å². The van der Waals surface area contributed by atoms with E-state index in [0.717, 1.165) is 22.5 Å². The van der Waals surface area contributed by atoms with Gasteiger partial charge in [0, 0.05) is 17.3 Å². The smallest absolute Gasteiger partial charge is 0.111 e. The molecule has 0 saturated carbocycles. The minimum Gasteiger partial charge on any atom is -0.508 e. The van der Waals surface area contributed by atoms with E-state index >= 15 is 0 Å². The second-order valence-corrected chi connectivity index (χ2v) is 5.84. The van der Waals surface area contributed by atoms with Crippen LogP contribution in [0.2, 0.25) is 0 Å². The lowest BCUT2D eigenvalue weighted by atomic mass is 9.96. The van der Waals surface area contributed by atoms with Crippen molar-refractivity contribution in [1.29, 1.82) is 0 Å². The highest BCUT2D eigenvalue weighted by Crippen LogP contribution is 2.51. The molecule has 0 aromatic carbocycles. The van der Waals surface area contributed by atoms with E-state index in [1.165, 1.54) is 11.1 Å². The number of aliphatic hydroxyl groups is 1. The highest BCUT2D eigenvalue weighted by atomic mass is 16.3. The molecule has 124 valence electrons. The molecule has 2 heteroatoms. The largest absolute Gasteiger partial charge is 0.508 e. The monoisotopic (exact) mass is 319 g/mol. The molecular formula is C22H25NO. The van der Waals surface area contributed by atoms with Crippen LogP contribution in [0.25, 0.3) is 0 Å². The van der Waals surface area contributed by atoms with Crippen molar-refractivity contribution < 1.29 is 5.11 Å². The molecule has 0 saturated heterocycles. The molecule has 0 aliphatic heterocycles. The lowest BCUT2D eigenvalue weighted by molar-refractivity contribution is 0.431. The molecule has 0 spiro atoms. The van der Waals surface area contributed by atoms with Crippen LogP contribution in [0.15, 0.2) is 107 Å². The number of hydrogen-bond acceptors (Lipinski definition) is 2. The number of rotatable bonds is 7. The maximum atomic E-state index is 9.52. The van der Waals surface area contributed by atoms with Crippen molar-refractivity contribution in [3.8, 4) is 0 Å². The normalized spacial score (nSPS) is 20.5. The van der Waals surface area contributed by atoms with Gasteiger partial charge in [-0.3, -0.25) is 0 Å². The highest BCUT2D eigenvalue weighted by molar-refractivity contribution is 5.69. The van der Waals surface area contributed by atoms with Crippen LogP contribution in [0.5, 0.6) is 0 Å². The Kier molecular flexibility index (Phi) is 5.64. The summed E-state index contributed by atoms with van der Waals surface area (Å²) in [6, 6.07) is 0. The molecule has 0 heterocycles. The maximum Gasteiger partial charge on any atom is 0.111 e. The number of aliphatic hydroxyl groups excluding tert-OH is 1. The molecular weight excluding hydrogens is 294 g/mol. The third kappa shape index (κ3) is 3.96. The summed E-state index contributed by atoms with van der Waals surface area (Å²) in [7, 11) is 0. The Labute approximate surface area is 145 Å². The van der Waals surface area contributed by atoms with Gasteiger partial charge in [-0.2, -0.15) is 0 Å². The Morgan fingerprint density at radius 3 is 2.54 bits per heavy atom. The first-order valence-electron chi connectivity index (χ1n) is 8.10. The van der Waals surface area contributed by atoms with Crippen LogP contribution in [0, 0.1) is 5.92 Å². The van der Waals surface area contributed by atoms with Gasteiger partial charge in [0.1, 0.15) is 5.76 Å². The summed E-state index contributed by atoms with van der Waals surface area (Å²) in [4.78, 5) is 0. The fraction of sp³-hybridized carbons (Fsp3) is 0.182. The summed E-state index contributed by atoms with van der Waals surface area (Å²) in [5, 5.41) is 12.9. The zero-order valence-electron chi connectivity index (χ0n) is 14.6. The fourth-order valence-electron chi connectivity index (χ4n) is 2.72. The standard InChI is InChI=1S/C22H25NO/c1-6-8-9-10-16(4)23-20-14-13-19(21-17(5)22(20)21)15(3)11-12-18(24)7-2/h6-14,22-24H,3-4H2,1-2,5H3/b8-6-,10-9-,12-11-,18-7+/t22-/m0/s1. The Morgan fingerprint density at radius 1 is 1.12 bits per heavy atom. The Balaban J connectivity index is 2.11. The fourth-order valence-corrected chi connectivity index (χ4v) is 2.72. The third-order valence-corrected chi connectivity index (χ3v) is 4.10. The van der Waals surface area contributed by atoms with Gasteiger partial charge in [-0.25, -0.2) is 0 Å². The second-order valence-electron chi connectivity index (χ2n) is 5.84. The first kappa shape index (κ1) is 17.6. The number of fused-ring (bicyclic) bond motifs is 1. The summed E-state index contributed by atoms with van der Waals surface area (Å²) in [5.41, 5.74) is 6.73. The molecule has 2 aliphatic carbocycles. The molecule has 0 radical (unpaired) electrons. The van der Waals surface area contributed by atoms with Gasteiger partial charge in [0.15, 0.2) is 0 Å². The third-order valence-electron chi connectivity index (χ3n) is 4.10. The quantitative estimate of drug-likeness (QED) is 0.475. The topological polar surface area (TPSA) is 32.3 Å². The second kappa shape index (κ2) is 7.69. The van der Waals surface area contributed by atoms with E-state index < -0.39 is 0 Å². The van der Waals surface area contributed by atoms with Gasteiger partial charge in [-0.1, -0.05) is 49.1 Å². The van der Waals surface area contributed by atoms with Crippen LogP contribution >= 0.6 is 0 Å². The minimum absolute atomic E-state index is 0.243. The molecule has 0 fully saturated rings. The van der Waals surface area contributed by atoms with Gasteiger partial charge < -0.3 is 10.4 Å². The Hall–Kier alpha value is -2.74. The number of hydrogen-bond donors (Lipinski definition) is 2. The summed E-state index contributed by atoms with van der Waals surface area (Å²) in [6.07, 6.45) is 17.2.